The molecule has 6 nitrogen and oxygen atoms in total. The molecule has 0 bridgehead atoms. The molecule has 1 aromatic rings. The Labute approximate surface area is 75.5 Å². The molecule has 0 aliphatic heterocycles. The van der Waals surface area contributed by atoms with Gasteiger partial charge in [0.1, 0.15) is 0 Å². The van der Waals surface area contributed by atoms with Gasteiger partial charge in [0.15, 0.2) is 0 Å². The molecule has 0 aliphatic carbocycles. The number of nitrogens with two attached hydrogens (primary N) is 1. The van der Waals surface area contributed by atoms with Crippen LogP contribution >= 0.6 is 0 Å². The van der Waals surface area contributed by atoms with Crippen LogP contribution in [0.15, 0.2) is 6.20 Å². The summed E-state index contributed by atoms with van der Waals surface area (Å²) in [5, 5.41) is 14.2. The first kappa shape index (κ1) is 9.66. The highest BCUT2D eigenvalue weighted by Crippen LogP contribution is 2.13. The number of aryl methyl sites for hydroxylation is 2. The average molecular weight is 184 g/mol. The van der Waals surface area contributed by atoms with Gasteiger partial charge in [-0.15, -0.1) is 0 Å². The van der Waals surface area contributed by atoms with Gasteiger partial charge in [-0.2, -0.15) is 4.68 Å². The quantitative estimate of drug-likeness (QED) is 0.543. The standard InChI is InChI=1S/C7H12N4O2/c1-6-5-10(4-2-3-8)9-7(6)11(12)13/h5H,2-4,8H2,1H3. The van der Waals surface area contributed by atoms with E-state index in [0.29, 0.717) is 18.7 Å². The fourth-order valence-corrected chi connectivity index (χ4v) is 1.06. The van der Waals surface area contributed by atoms with E-state index in [1.807, 2.05) is 0 Å². The second-order valence-corrected chi connectivity index (χ2v) is 2.80. The van der Waals surface area contributed by atoms with Gasteiger partial charge in [-0.1, -0.05) is 0 Å². The molecule has 0 atom stereocenters. The topological polar surface area (TPSA) is 87.0 Å². The molecule has 0 aliphatic rings. The second kappa shape index (κ2) is 3.99. The molecule has 0 unspecified atom stereocenters. The molecule has 0 radical (unpaired) electrons. The Hall–Kier alpha value is -1.43. The minimum Gasteiger partial charge on any atom is -0.358 e. The largest absolute Gasteiger partial charge is 0.392 e. The molecular weight excluding hydrogens is 172 g/mol. The normalized spacial score (nSPS) is 10.3. The van der Waals surface area contributed by atoms with Crippen molar-refractivity contribution >= 4 is 5.82 Å². The summed E-state index contributed by atoms with van der Waals surface area (Å²) in [5.41, 5.74) is 5.89. The molecule has 72 valence electrons. The van der Waals surface area contributed by atoms with Crippen LogP contribution in [0.4, 0.5) is 5.82 Å². The summed E-state index contributed by atoms with van der Waals surface area (Å²) < 4.78 is 1.56. The summed E-state index contributed by atoms with van der Waals surface area (Å²) in [6.07, 6.45) is 2.44. The summed E-state index contributed by atoms with van der Waals surface area (Å²) in [4.78, 5) is 9.94. The summed E-state index contributed by atoms with van der Waals surface area (Å²) in [6.45, 7) is 2.86. The van der Waals surface area contributed by atoms with Gasteiger partial charge in [-0.05, 0) is 24.8 Å². The van der Waals surface area contributed by atoms with Gasteiger partial charge >= 0.3 is 5.82 Å². The molecule has 1 rings (SSSR count). The Morgan fingerprint density at radius 1 is 1.77 bits per heavy atom. The maximum Gasteiger partial charge on any atom is 0.392 e. The van der Waals surface area contributed by atoms with Crippen LogP contribution in [-0.4, -0.2) is 21.2 Å². The van der Waals surface area contributed by atoms with Crippen LogP contribution in [0.25, 0.3) is 0 Å². The van der Waals surface area contributed by atoms with Gasteiger partial charge in [-0.25, -0.2) is 0 Å². The molecule has 6 heteroatoms. The van der Waals surface area contributed by atoms with E-state index in [9.17, 15) is 10.1 Å². The zero-order chi connectivity index (χ0) is 9.84. The third-order valence-corrected chi connectivity index (χ3v) is 1.68. The van der Waals surface area contributed by atoms with Crippen LogP contribution in [0.5, 0.6) is 0 Å². The van der Waals surface area contributed by atoms with E-state index in [1.165, 1.54) is 0 Å². The van der Waals surface area contributed by atoms with Crippen molar-refractivity contribution in [3.8, 4) is 0 Å². The molecule has 1 aromatic heterocycles. The minimum atomic E-state index is -0.478. The predicted molar refractivity (Wildman–Crippen MR) is 47.3 cm³/mol. The lowest BCUT2D eigenvalue weighted by Crippen LogP contribution is -2.06. The van der Waals surface area contributed by atoms with Gasteiger partial charge in [-0.3, -0.25) is 0 Å². The number of hydrogen-bond acceptors (Lipinski definition) is 4. The molecule has 2 N–H and O–H groups in total. The van der Waals surface area contributed by atoms with Crippen LogP contribution in [0, 0.1) is 17.0 Å². The van der Waals surface area contributed by atoms with Crippen LogP contribution in [0.1, 0.15) is 12.0 Å². The van der Waals surface area contributed by atoms with Gasteiger partial charge in [0.25, 0.3) is 0 Å². The van der Waals surface area contributed by atoms with Crippen molar-refractivity contribution in [3.05, 3.63) is 21.9 Å². The monoisotopic (exact) mass is 184 g/mol. The number of nitrogens with zero attached hydrogens (tertiary/aromatic N) is 3. The Morgan fingerprint density at radius 3 is 2.92 bits per heavy atom. The van der Waals surface area contributed by atoms with Gasteiger partial charge in [0, 0.05) is 0 Å². The highest BCUT2D eigenvalue weighted by Gasteiger charge is 2.16. The Morgan fingerprint density at radius 2 is 2.46 bits per heavy atom. The molecule has 0 aromatic carbocycles. The van der Waals surface area contributed by atoms with Crippen LogP contribution in [-0.2, 0) is 6.54 Å². The first-order chi connectivity index (χ1) is 6.15. The second-order valence-electron chi connectivity index (χ2n) is 2.80. The SMILES string of the molecule is Cc1cn(CCCN)nc1[N+](=O)[O-]. The third kappa shape index (κ3) is 2.25. The summed E-state index contributed by atoms with van der Waals surface area (Å²) in [6, 6.07) is 0. The lowest BCUT2D eigenvalue weighted by molar-refractivity contribution is -0.390. The van der Waals surface area contributed by atoms with E-state index < -0.39 is 4.92 Å². The number of rotatable bonds is 4. The van der Waals surface area contributed by atoms with Crippen molar-refractivity contribution in [2.24, 2.45) is 5.73 Å². The highest BCUT2D eigenvalue weighted by molar-refractivity contribution is 5.27. The molecule has 1 heterocycles. The van der Waals surface area contributed by atoms with Crippen LogP contribution < -0.4 is 5.73 Å². The zero-order valence-electron chi connectivity index (χ0n) is 7.43. The van der Waals surface area contributed by atoms with E-state index in [-0.39, 0.29) is 5.82 Å². The maximum atomic E-state index is 10.4. The Kier molecular flexibility index (Phi) is 2.97. The van der Waals surface area contributed by atoms with Gasteiger partial charge in [0.05, 0.1) is 23.4 Å². The predicted octanol–water partition coefficient (Wildman–Crippen LogP) is 0.449. The van der Waals surface area contributed by atoms with Crippen molar-refractivity contribution in [2.45, 2.75) is 19.9 Å². The minimum absolute atomic E-state index is 0.0722. The summed E-state index contributed by atoms with van der Waals surface area (Å²) >= 11 is 0. The van der Waals surface area contributed by atoms with Crippen molar-refractivity contribution in [3.63, 3.8) is 0 Å². The van der Waals surface area contributed by atoms with E-state index in [0.717, 1.165) is 6.42 Å². The Bertz CT molecular complexity index is 307. The van der Waals surface area contributed by atoms with E-state index in [1.54, 1.807) is 17.8 Å². The first-order valence-electron chi connectivity index (χ1n) is 4.03. The van der Waals surface area contributed by atoms with Crippen LogP contribution in [0.3, 0.4) is 0 Å². The summed E-state index contributed by atoms with van der Waals surface area (Å²) in [5.74, 6) is -0.0722. The van der Waals surface area contributed by atoms with Crippen molar-refractivity contribution in [1.82, 2.24) is 9.78 Å². The van der Waals surface area contributed by atoms with Crippen molar-refractivity contribution < 1.29 is 4.92 Å². The lowest BCUT2D eigenvalue weighted by Gasteiger charge is -1.91. The van der Waals surface area contributed by atoms with Gasteiger partial charge in [0.2, 0.25) is 0 Å². The lowest BCUT2D eigenvalue weighted by atomic mass is 10.4. The molecular formula is C7H12N4O2. The first-order valence-corrected chi connectivity index (χ1v) is 4.03. The maximum absolute atomic E-state index is 10.4. The van der Waals surface area contributed by atoms with Gasteiger partial charge < -0.3 is 15.8 Å². The van der Waals surface area contributed by atoms with E-state index >= 15 is 0 Å². The van der Waals surface area contributed by atoms with Crippen LogP contribution in [0.2, 0.25) is 0 Å². The molecule has 0 amide bonds. The van der Waals surface area contributed by atoms with Crippen molar-refractivity contribution in [1.29, 1.82) is 0 Å². The third-order valence-electron chi connectivity index (χ3n) is 1.68. The van der Waals surface area contributed by atoms with E-state index in [4.69, 9.17) is 5.73 Å². The summed E-state index contributed by atoms with van der Waals surface area (Å²) in [7, 11) is 0. The smallest absolute Gasteiger partial charge is 0.358 e. The number of aromatic nitrogens is 2. The molecule has 0 saturated carbocycles. The fourth-order valence-electron chi connectivity index (χ4n) is 1.06. The molecule has 0 spiro atoms. The number of nitro groups is 1. The fraction of sp³-hybridized carbons (Fsp3) is 0.571. The molecule has 0 saturated heterocycles. The van der Waals surface area contributed by atoms with Crippen molar-refractivity contribution in [2.75, 3.05) is 6.54 Å². The highest BCUT2D eigenvalue weighted by atomic mass is 16.6. The zero-order valence-corrected chi connectivity index (χ0v) is 7.43. The van der Waals surface area contributed by atoms with E-state index in [2.05, 4.69) is 5.10 Å². The number of hydrogen-bond donors (Lipinski definition) is 1. The Balaban J connectivity index is 2.76. The molecule has 0 fully saturated rings. The average Bonchev–Trinajstić information content (AvgIpc) is 2.43. The molecule has 13 heavy (non-hydrogen) atoms.